The number of hydrogen-bond acceptors (Lipinski definition) is 4. The Bertz CT molecular complexity index is 1130. The van der Waals surface area contributed by atoms with Gasteiger partial charge >= 0.3 is 5.97 Å². The van der Waals surface area contributed by atoms with Gasteiger partial charge in [-0.15, -0.1) is 0 Å². The van der Waals surface area contributed by atoms with Crippen LogP contribution in [0.25, 0.3) is 11.1 Å². The van der Waals surface area contributed by atoms with Crippen LogP contribution in [0.2, 0.25) is 0 Å². The Morgan fingerprint density at radius 1 is 1.10 bits per heavy atom. The molecule has 0 aliphatic heterocycles. The minimum Gasteiger partial charge on any atom is -0.465 e. The number of halogens is 4. The standard InChI is InChI=1S/C20H15F4N3O3/c1-27-9-14(17(26-27)18(23)24)19(28)25-16-6-4-11(21)8-13(16)10-3-5-12(15(22)7-10)20(29)30-2/h3-9,18H,1-2H3,(H,25,28). The van der Waals surface area contributed by atoms with Crippen molar-refractivity contribution >= 4 is 17.6 Å². The van der Waals surface area contributed by atoms with Crippen LogP contribution >= 0.6 is 0 Å². The number of esters is 1. The van der Waals surface area contributed by atoms with Crippen molar-refractivity contribution in [3.63, 3.8) is 0 Å². The fourth-order valence-electron chi connectivity index (χ4n) is 2.85. The molecule has 0 bridgehead atoms. The Kier molecular flexibility index (Phi) is 5.86. The lowest BCUT2D eigenvalue weighted by molar-refractivity contribution is 0.0595. The topological polar surface area (TPSA) is 73.2 Å². The van der Waals surface area contributed by atoms with Gasteiger partial charge in [-0.2, -0.15) is 5.10 Å². The Hall–Kier alpha value is -3.69. The fraction of sp³-hybridized carbons (Fsp3) is 0.150. The first-order chi connectivity index (χ1) is 14.2. The van der Waals surface area contributed by atoms with Crippen molar-refractivity contribution in [2.24, 2.45) is 7.05 Å². The van der Waals surface area contributed by atoms with Crippen LogP contribution < -0.4 is 5.32 Å². The molecule has 0 aliphatic carbocycles. The third kappa shape index (κ3) is 4.17. The molecule has 156 valence electrons. The van der Waals surface area contributed by atoms with Crippen LogP contribution in [0, 0.1) is 11.6 Å². The summed E-state index contributed by atoms with van der Waals surface area (Å²) < 4.78 is 59.9. The first kappa shape index (κ1) is 21.0. The number of aryl methyl sites for hydroxylation is 1. The lowest BCUT2D eigenvalue weighted by Gasteiger charge is -2.12. The molecule has 30 heavy (non-hydrogen) atoms. The summed E-state index contributed by atoms with van der Waals surface area (Å²) in [6.45, 7) is 0. The molecule has 0 unspecified atom stereocenters. The highest BCUT2D eigenvalue weighted by atomic mass is 19.3. The predicted octanol–water partition coefficient (Wildman–Crippen LogP) is 4.34. The van der Waals surface area contributed by atoms with Crippen molar-refractivity contribution in [2.75, 3.05) is 12.4 Å². The molecule has 1 heterocycles. The molecule has 0 aliphatic rings. The molecule has 1 N–H and O–H groups in total. The second-order valence-corrected chi connectivity index (χ2v) is 6.23. The zero-order valence-corrected chi connectivity index (χ0v) is 15.7. The quantitative estimate of drug-likeness (QED) is 0.491. The molecule has 3 aromatic rings. The van der Waals surface area contributed by atoms with Crippen LogP contribution in [0.3, 0.4) is 0 Å². The van der Waals surface area contributed by atoms with Crippen LogP contribution in [0.15, 0.2) is 42.6 Å². The molecule has 0 saturated heterocycles. The van der Waals surface area contributed by atoms with Gasteiger partial charge in [-0.25, -0.2) is 22.4 Å². The fourth-order valence-corrected chi connectivity index (χ4v) is 2.85. The van der Waals surface area contributed by atoms with E-state index in [2.05, 4.69) is 15.2 Å². The number of benzene rings is 2. The van der Waals surface area contributed by atoms with Crippen molar-refractivity contribution in [1.82, 2.24) is 9.78 Å². The van der Waals surface area contributed by atoms with Crippen molar-refractivity contribution in [3.05, 3.63) is 71.1 Å². The van der Waals surface area contributed by atoms with Gasteiger partial charge in [-0.05, 0) is 35.9 Å². The molecular formula is C20H15F4N3O3. The van der Waals surface area contributed by atoms with Gasteiger partial charge in [-0.3, -0.25) is 9.48 Å². The number of aromatic nitrogens is 2. The zero-order valence-electron chi connectivity index (χ0n) is 15.7. The average molecular weight is 421 g/mol. The van der Waals surface area contributed by atoms with Gasteiger partial charge in [0.1, 0.15) is 17.3 Å². The predicted molar refractivity (Wildman–Crippen MR) is 99.3 cm³/mol. The van der Waals surface area contributed by atoms with Crippen LogP contribution in [0.4, 0.5) is 23.2 Å². The molecule has 0 spiro atoms. The Morgan fingerprint density at radius 3 is 2.47 bits per heavy atom. The number of ether oxygens (including phenoxy) is 1. The number of alkyl halides is 2. The van der Waals surface area contributed by atoms with E-state index >= 15 is 0 Å². The molecule has 0 fully saturated rings. The molecule has 0 saturated carbocycles. The largest absolute Gasteiger partial charge is 0.465 e. The van der Waals surface area contributed by atoms with E-state index in [1.54, 1.807) is 0 Å². The highest BCUT2D eigenvalue weighted by molar-refractivity contribution is 6.07. The maximum Gasteiger partial charge on any atom is 0.340 e. The van der Waals surface area contributed by atoms with Gasteiger partial charge in [0.15, 0.2) is 0 Å². The average Bonchev–Trinajstić information content (AvgIpc) is 3.11. The Balaban J connectivity index is 2.00. The molecule has 1 aromatic heterocycles. The van der Waals surface area contributed by atoms with Crippen LogP contribution in [0.5, 0.6) is 0 Å². The Labute approximate surface area is 168 Å². The number of methoxy groups -OCH3 is 1. The van der Waals surface area contributed by atoms with E-state index < -0.39 is 35.6 Å². The summed E-state index contributed by atoms with van der Waals surface area (Å²) in [5.74, 6) is -3.36. The minimum atomic E-state index is -2.97. The minimum absolute atomic E-state index is 0.0516. The van der Waals surface area contributed by atoms with Gasteiger partial charge in [0.2, 0.25) is 0 Å². The molecule has 6 nitrogen and oxygen atoms in total. The summed E-state index contributed by atoms with van der Waals surface area (Å²) in [4.78, 5) is 24.1. The summed E-state index contributed by atoms with van der Waals surface area (Å²) >= 11 is 0. The van der Waals surface area contributed by atoms with Gasteiger partial charge < -0.3 is 10.1 Å². The first-order valence-corrected chi connectivity index (χ1v) is 8.52. The van der Waals surface area contributed by atoms with Crippen LogP contribution in [-0.2, 0) is 11.8 Å². The maximum atomic E-state index is 14.3. The zero-order chi connectivity index (χ0) is 22.0. The molecule has 10 heteroatoms. The number of carbonyl (C=O) groups is 2. The summed E-state index contributed by atoms with van der Waals surface area (Å²) in [5.41, 5.74) is -1.09. The molecule has 0 radical (unpaired) electrons. The van der Waals surface area contributed by atoms with E-state index in [1.165, 1.54) is 19.2 Å². The van der Waals surface area contributed by atoms with Crippen LogP contribution in [-0.4, -0.2) is 28.8 Å². The van der Waals surface area contributed by atoms with Gasteiger partial charge in [0, 0.05) is 24.5 Å². The van der Waals surface area contributed by atoms with Crippen molar-refractivity contribution in [2.45, 2.75) is 6.43 Å². The lowest BCUT2D eigenvalue weighted by atomic mass is 10.0. The molecule has 2 aromatic carbocycles. The van der Waals surface area contributed by atoms with Gasteiger partial charge in [0.05, 0.1) is 18.2 Å². The maximum absolute atomic E-state index is 14.3. The summed E-state index contributed by atoms with van der Waals surface area (Å²) in [6.07, 6.45) is -1.84. The van der Waals surface area contributed by atoms with Gasteiger partial charge in [-0.1, -0.05) is 6.07 Å². The monoisotopic (exact) mass is 421 g/mol. The Morgan fingerprint density at radius 2 is 1.83 bits per heavy atom. The number of anilines is 1. The highest BCUT2D eigenvalue weighted by Crippen LogP contribution is 2.31. The molecule has 3 rings (SSSR count). The number of nitrogens with zero attached hydrogens (tertiary/aromatic N) is 2. The molecule has 0 atom stereocenters. The van der Waals surface area contributed by atoms with E-state index in [9.17, 15) is 27.2 Å². The van der Waals surface area contributed by atoms with E-state index in [4.69, 9.17) is 0 Å². The lowest BCUT2D eigenvalue weighted by Crippen LogP contribution is -2.14. The summed E-state index contributed by atoms with van der Waals surface area (Å²) in [6, 6.07) is 6.78. The normalized spacial score (nSPS) is 10.9. The van der Waals surface area contributed by atoms with E-state index in [0.29, 0.717) is 0 Å². The number of amides is 1. The van der Waals surface area contributed by atoms with Crippen molar-refractivity contribution in [1.29, 1.82) is 0 Å². The SMILES string of the molecule is COC(=O)c1ccc(-c2cc(F)ccc2NC(=O)c2cn(C)nc2C(F)F)cc1F. The third-order valence-corrected chi connectivity index (χ3v) is 4.22. The number of nitrogens with one attached hydrogen (secondary N) is 1. The second kappa shape index (κ2) is 8.36. The molecule has 1 amide bonds. The van der Waals surface area contributed by atoms with Crippen LogP contribution in [0.1, 0.15) is 32.8 Å². The van der Waals surface area contributed by atoms with Crippen molar-refractivity contribution in [3.8, 4) is 11.1 Å². The van der Waals surface area contributed by atoms with E-state index in [0.717, 1.165) is 42.3 Å². The number of carbonyl (C=O) groups excluding carboxylic acids is 2. The second-order valence-electron chi connectivity index (χ2n) is 6.23. The third-order valence-electron chi connectivity index (χ3n) is 4.22. The highest BCUT2D eigenvalue weighted by Gasteiger charge is 2.23. The summed E-state index contributed by atoms with van der Waals surface area (Å²) in [7, 11) is 2.49. The smallest absolute Gasteiger partial charge is 0.340 e. The van der Waals surface area contributed by atoms with E-state index in [-0.39, 0.29) is 27.9 Å². The summed E-state index contributed by atoms with van der Waals surface area (Å²) in [5, 5.41) is 5.99. The van der Waals surface area contributed by atoms with Gasteiger partial charge in [0.25, 0.3) is 12.3 Å². The van der Waals surface area contributed by atoms with Crippen molar-refractivity contribution < 1.29 is 31.9 Å². The number of hydrogen-bond donors (Lipinski definition) is 1. The van der Waals surface area contributed by atoms with E-state index in [1.807, 2.05) is 0 Å². The first-order valence-electron chi connectivity index (χ1n) is 8.52. The molecular weight excluding hydrogens is 406 g/mol. The number of rotatable bonds is 5.